The fourth-order valence-electron chi connectivity index (χ4n) is 4.89. The van der Waals surface area contributed by atoms with Crippen molar-refractivity contribution in [1.82, 2.24) is 15.5 Å². The van der Waals surface area contributed by atoms with Crippen LogP contribution in [0.2, 0.25) is 0 Å². The minimum absolute atomic E-state index is 0.0398. The van der Waals surface area contributed by atoms with Crippen LogP contribution in [0.5, 0.6) is 0 Å². The van der Waals surface area contributed by atoms with E-state index in [1.54, 1.807) is 14.0 Å². The molecule has 0 aromatic heterocycles. The summed E-state index contributed by atoms with van der Waals surface area (Å²) in [5.74, 6) is -1.01. The molecule has 4 aliphatic rings. The van der Waals surface area contributed by atoms with Gasteiger partial charge in [-0.3, -0.25) is 9.59 Å². The summed E-state index contributed by atoms with van der Waals surface area (Å²) < 4.78 is 11.0. The van der Waals surface area contributed by atoms with E-state index in [0.717, 1.165) is 12.8 Å². The molecular formula is C19H26N4O5. The molecule has 4 N–H and O–H groups in total. The standard InChI is InChI=1S/C19H26N4O5/c1-4-5-6-21-13-9(2)15(24)14-12(16(13)25)10(8-28-18(20)26)19(27-3)17-11(22-17)7-23(14)19/h10-11,17,21-22H,4-8H2,1-3H3,(H2,20,26). The zero-order valence-electron chi connectivity index (χ0n) is 16.3. The summed E-state index contributed by atoms with van der Waals surface area (Å²) in [5.41, 5.74) is 5.71. The van der Waals surface area contributed by atoms with Crippen molar-refractivity contribution in [3.8, 4) is 0 Å². The fourth-order valence-corrected chi connectivity index (χ4v) is 4.89. The topological polar surface area (TPSA) is 133 Å². The zero-order valence-corrected chi connectivity index (χ0v) is 16.3. The number of nitrogens with two attached hydrogens (primary N) is 1. The van der Waals surface area contributed by atoms with Gasteiger partial charge in [-0.2, -0.15) is 0 Å². The fraction of sp³-hybridized carbons (Fsp3) is 0.632. The normalized spacial score (nSPS) is 33.1. The van der Waals surface area contributed by atoms with Gasteiger partial charge < -0.3 is 30.7 Å². The number of carbonyl (C=O) groups is 3. The van der Waals surface area contributed by atoms with Gasteiger partial charge in [0.2, 0.25) is 11.6 Å². The minimum Gasteiger partial charge on any atom is -0.449 e. The molecule has 9 heteroatoms. The number of fused-ring (bicyclic) bond motifs is 4. The van der Waals surface area contributed by atoms with Crippen molar-refractivity contribution in [3.05, 3.63) is 22.5 Å². The Balaban J connectivity index is 1.74. The van der Waals surface area contributed by atoms with Gasteiger partial charge in [-0.05, 0) is 13.3 Å². The van der Waals surface area contributed by atoms with E-state index < -0.39 is 17.7 Å². The van der Waals surface area contributed by atoms with Gasteiger partial charge in [0.15, 0.2) is 5.72 Å². The maximum absolute atomic E-state index is 13.4. The third-order valence-electron chi connectivity index (χ3n) is 6.26. The second-order valence-electron chi connectivity index (χ2n) is 7.70. The second-order valence-corrected chi connectivity index (χ2v) is 7.70. The first-order chi connectivity index (χ1) is 13.4. The number of piperazine rings is 1. The van der Waals surface area contributed by atoms with Gasteiger partial charge in [-0.25, -0.2) is 4.79 Å². The van der Waals surface area contributed by atoms with Gasteiger partial charge in [0.05, 0.1) is 23.4 Å². The molecule has 0 bridgehead atoms. The zero-order chi connectivity index (χ0) is 20.2. The van der Waals surface area contributed by atoms with E-state index in [4.69, 9.17) is 15.2 Å². The molecule has 4 atom stereocenters. The van der Waals surface area contributed by atoms with E-state index in [1.165, 1.54) is 0 Å². The predicted octanol–water partition coefficient (Wildman–Crippen LogP) is -0.220. The largest absolute Gasteiger partial charge is 0.449 e. The minimum atomic E-state index is -0.935. The van der Waals surface area contributed by atoms with Crippen molar-refractivity contribution in [2.24, 2.45) is 11.7 Å². The predicted molar refractivity (Wildman–Crippen MR) is 98.8 cm³/mol. The number of primary amides is 1. The lowest BCUT2D eigenvalue weighted by Gasteiger charge is -2.39. The molecule has 1 aliphatic carbocycles. The third-order valence-corrected chi connectivity index (χ3v) is 6.26. The Labute approximate surface area is 163 Å². The highest BCUT2D eigenvalue weighted by Crippen LogP contribution is 2.55. The third kappa shape index (κ3) is 2.42. The molecule has 3 aliphatic heterocycles. The van der Waals surface area contributed by atoms with Crippen molar-refractivity contribution in [3.63, 3.8) is 0 Å². The number of nitrogens with zero attached hydrogens (tertiary/aromatic N) is 1. The lowest BCUT2D eigenvalue weighted by atomic mass is 9.82. The molecule has 4 rings (SSSR count). The molecule has 2 saturated heterocycles. The van der Waals surface area contributed by atoms with Crippen molar-refractivity contribution in [2.75, 3.05) is 26.8 Å². The Bertz CT molecular complexity index is 819. The van der Waals surface area contributed by atoms with Crippen LogP contribution in [-0.4, -0.2) is 67.2 Å². The first kappa shape index (κ1) is 18.9. The van der Waals surface area contributed by atoms with E-state index in [9.17, 15) is 14.4 Å². The summed E-state index contributed by atoms with van der Waals surface area (Å²) in [4.78, 5) is 39.8. The number of unbranched alkanes of at least 4 members (excludes halogenated alkanes) is 1. The lowest BCUT2D eigenvalue weighted by molar-refractivity contribution is -0.137. The summed E-state index contributed by atoms with van der Waals surface area (Å²) >= 11 is 0. The number of ether oxygens (including phenoxy) is 2. The number of hydrogen-bond donors (Lipinski definition) is 3. The van der Waals surface area contributed by atoms with E-state index in [2.05, 4.69) is 17.6 Å². The smallest absolute Gasteiger partial charge is 0.404 e. The summed E-state index contributed by atoms with van der Waals surface area (Å²) in [7, 11) is 1.56. The molecule has 28 heavy (non-hydrogen) atoms. The number of rotatable bonds is 7. The molecule has 9 nitrogen and oxygen atoms in total. The average molecular weight is 390 g/mol. The van der Waals surface area contributed by atoms with Crippen LogP contribution < -0.4 is 16.4 Å². The van der Waals surface area contributed by atoms with Crippen LogP contribution in [0, 0.1) is 5.92 Å². The Hall–Kier alpha value is -2.39. The molecule has 0 aromatic rings. The number of carbonyl (C=O) groups excluding carboxylic acids is 3. The number of nitrogens with one attached hydrogen (secondary N) is 2. The van der Waals surface area contributed by atoms with Crippen LogP contribution in [0.3, 0.4) is 0 Å². The molecule has 0 aromatic carbocycles. The maximum atomic E-state index is 13.4. The highest BCUT2D eigenvalue weighted by molar-refractivity contribution is 6.25. The molecule has 1 amide bonds. The number of amides is 1. The average Bonchev–Trinajstić information content (AvgIpc) is 3.27. The highest BCUT2D eigenvalue weighted by atomic mass is 16.6. The van der Waals surface area contributed by atoms with Crippen molar-refractivity contribution in [1.29, 1.82) is 0 Å². The molecule has 2 fully saturated rings. The molecule has 0 spiro atoms. The van der Waals surface area contributed by atoms with Gasteiger partial charge in [-0.15, -0.1) is 0 Å². The molecule has 0 radical (unpaired) electrons. The highest BCUT2D eigenvalue weighted by Gasteiger charge is 2.72. The van der Waals surface area contributed by atoms with Gasteiger partial charge in [0.1, 0.15) is 6.61 Å². The summed E-state index contributed by atoms with van der Waals surface area (Å²) in [6, 6.07) is 0.142. The number of ketones is 2. The van der Waals surface area contributed by atoms with Crippen LogP contribution in [0.25, 0.3) is 0 Å². The Morgan fingerprint density at radius 2 is 2.14 bits per heavy atom. The number of methoxy groups -OCH3 is 1. The Morgan fingerprint density at radius 3 is 2.79 bits per heavy atom. The second kappa shape index (κ2) is 6.59. The monoisotopic (exact) mass is 390 g/mol. The molecule has 0 saturated carbocycles. The van der Waals surface area contributed by atoms with Gasteiger partial charge in [-0.1, -0.05) is 13.3 Å². The summed E-state index contributed by atoms with van der Waals surface area (Å²) in [6.45, 7) is 4.79. The van der Waals surface area contributed by atoms with Crippen molar-refractivity contribution in [2.45, 2.75) is 44.5 Å². The first-order valence-electron chi connectivity index (χ1n) is 9.67. The van der Waals surface area contributed by atoms with Gasteiger partial charge in [0, 0.05) is 37.4 Å². The number of Topliss-reactive ketones (excluding diaryl/α,β-unsaturated/α-hetero) is 2. The quantitative estimate of drug-likeness (QED) is 0.309. The van der Waals surface area contributed by atoms with Crippen LogP contribution in [-0.2, 0) is 19.1 Å². The van der Waals surface area contributed by atoms with Gasteiger partial charge in [0.25, 0.3) is 0 Å². The lowest BCUT2D eigenvalue weighted by Crippen LogP contribution is -2.55. The molecule has 152 valence electrons. The van der Waals surface area contributed by atoms with Crippen LogP contribution >= 0.6 is 0 Å². The maximum Gasteiger partial charge on any atom is 0.404 e. The molecular weight excluding hydrogens is 364 g/mol. The van der Waals surface area contributed by atoms with E-state index >= 15 is 0 Å². The molecule has 4 unspecified atom stereocenters. The summed E-state index contributed by atoms with van der Waals surface area (Å²) in [5, 5.41) is 6.47. The number of hydrogen-bond acceptors (Lipinski definition) is 8. The van der Waals surface area contributed by atoms with Crippen molar-refractivity contribution >= 4 is 17.7 Å². The Kier molecular flexibility index (Phi) is 4.46. The van der Waals surface area contributed by atoms with Crippen molar-refractivity contribution < 1.29 is 23.9 Å². The van der Waals surface area contributed by atoms with Crippen LogP contribution in [0.1, 0.15) is 26.7 Å². The van der Waals surface area contributed by atoms with E-state index in [0.29, 0.717) is 35.6 Å². The van der Waals surface area contributed by atoms with Crippen LogP contribution in [0.4, 0.5) is 4.79 Å². The van der Waals surface area contributed by atoms with Gasteiger partial charge >= 0.3 is 6.09 Å². The Morgan fingerprint density at radius 1 is 1.39 bits per heavy atom. The number of allylic oxidation sites excluding steroid dienone is 2. The van der Waals surface area contributed by atoms with E-state index in [1.807, 2.05) is 4.90 Å². The first-order valence-corrected chi connectivity index (χ1v) is 9.67. The van der Waals surface area contributed by atoms with Crippen LogP contribution in [0.15, 0.2) is 22.5 Å². The SMILES string of the molecule is CCCCNC1=C(C)C(=O)C2=C(C1=O)C(COC(N)=O)C1(OC)C3NC3CN21. The molecule has 3 heterocycles. The summed E-state index contributed by atoms with van der Waals surface area (Å²) in [6.07, 6.45) is 0.938. The van der Waals surface area contributed by atoms with E-state index in [-0.39, 0.29) is 30.3 Å².